The number of pyridine rings is 1. The van der Waals surface area contributed by atoms with E-state index in [2.05, 4.69) is 4.98 Å². The Hall–Kier alpha value is -2.42. The molecule has 0 aliphatic carbocycles. The Labute approximate surface area is 116 Å². The molecule has 100 valence electrons. The molecule has 0 atom stereocenters. The van der Waals surface area contributed by atoms with E-state index in [0.717, 1.165) is 16.6 Å². The third-order valence-electron chi connectivity index (χ3n) is 3.26. The number of aryl methyl sites for hydroxylation is 1. The van der Waals surface area contributed by atoms with Gasteiger partial charge in [-0.15, -0.1) is 0 Å². The van der Waals surface area contributed by atoms with Crippen molar-refractivity contribution in [1.82, 2.24) is 4.98 Å². The quantitative estimate of drug-likeness (QED) is 0.707. The highest BCUT2D eigenvalue weighted by Crippen LogP contribution is 2.30. The van der Waals surface area contributed by atoms with Crippen LogP contribution in [0.25, 0.3) is 10.8 Å². The van der Waals surface area contributed by atoms with E-state index >= 15 is 0 Å². The van der Waals surface area contributed by atoms with Crippen LogP contribution in [-0.4, -0.2) is 4.98 Å². The summed E-state index contributed by atoms with van der Waals surface area (Å²) in [7, 11) is 0. The summed E-state index contributed by atoms with van der Waals surface area (Å²) < 4.78 is 19.7. The number of fused-ring (bicyclic) bond motifs is 1. The minimum Gasteiger partial charge on any atom is -0.488 e. The highest BCUT2D eigenvalue weighted by molar-refractivity contribution is 5.90. The van der Waals surface area contributed by atoms with E-state index in [1.165, 1.54) is 6.07 Å². The highest BCUT2D eigenvalue weighted by atomic mass is 19.1. The van der Waals surface area contributed by atoms with Crippen LogP contribution in [0.5, 0.6) is 5.75 Å². The zero-order valence-electron chi connectivity index (χ0n) is 11.1. The van der Waals surface area contributed by atoms with E-state index in [1.807, 2.05) is 37.3 Å². The first-order chi connectivity index (χ1) is 9.75. The van der Waals surface area contributed by atoms with Crippen LogP contribution in [0, 0.1) is 12.7 Å². The maximum absolute atomic E-state index is 13.8. The highest BCUT2D eigenvalue weighted by Gasteiger charge is 2.10. The molecule has 0 aliphatic rings. The normalized spacial score (nSPS) is 10.7. The van der Waals surface area contributed by atoms with Crippen molar-refractivity contribution in [3.63, 3.8) is 0 Å². The summed E-state index contributed by atoms with van der Waals surface area (Å²) in [5, 5.41) is 1.28. The van der Waals surface area contributed by atoms with Crippen LogP contribution in [0.3, 0.4) is 0 Å². The predicted molar refractivity (Wildman–Crippen MR) is 77.2 cm³/mol. The van der Waals surface area contributed by atoms with Crippen molar-refractivity contribution < 1.29 is 9.13 Å². The average molecular weight is 267 g/mol. The Kier molecular flexibility index (Phi) is 3.33. The van der Waals surface area contributed by atoms with Crippen LogP contribution in [0.4, 0.5) is 4.39 Å². The van der Waals surface area contributed by atoms with Crippen molar-refractivity contribution in [2.45, 2.75) is 13.5 Å². The van der Waals surface area contributed by atoms with E-state index in [9.17, 15) is 4.39 Å². The maximum atomic E-state index is 13.8. The first kappa shape index (κ1) is 12.6. The molecule has 0 radical (unpaired) electrons. The van der Waals surface area contributed by atoms with Gasteiger partial charge in [-0.3, -0.25) is 4.98 Å². The van der Waals surface area contributed by atoms with Gasteiger partial charge in [0, 0.05) is 22.7 Å². The van der Waals surface area contributed by atoms with Gasteiger partial charge in [-0.05, 0) is 30.7 Å². The van der Waals surface area contributed by atoms with Gasteiger partial charge in [0.1, 0.15) is 18.2 Å². The van der Waals surface area contributed by atoms with Gasteiger partial charge in [0.25, 0.3) is 0 Å². The van der Waals surface area contributed by atoms with Crippen molar-refractivity contribution >= 4 is 10.8 Å². The standard InChI is InChI=1S/C17H14FNO/c1-12-17-14(9-10-19-12)15(18)7-8-16(17)20-11-13-5-3-2-4-6-13/h2-10H,11H2,1H3. The van der Waals surface area contributed by atoms with E-state index in [-0.39, 0.29) is 5.82 Å². The zero-order valence-corrected chi connectivity index (χ0v) is 11.1. The van der Waals surface area contributed by atoms with Crippen molar-refractivity contribution in [1.29, 1.82) is 0 Å². The molecular weight excluding hydrogens is 253 g/mol. The molecule has 0 saturated heterocycles. The van der Waals surface area contributed by atoms with Crippen LogP contribution in [0.1, 0.15) is 11.3 Å². The lowest BCUT2D eigenvalue weighted by molar-refractivity contribution is 0.309. The lowest BCUT2D eigenvalue weighted by Crippen LogP contribution is -1.98. The third kappa shape index (κ3) is 2.35. The summed E-state index contributed by atoms with van der Waals surface area (Å²) in [5.41, 5.74) is 1.84. The van der Waals surface area contributed by atoms with Gasteiger partial charge in [0.2, 0.25) is 0 Å². The Bertz CT molecular complexity index is 741. The van der Waals surface area contributed by atoms with Gasteiger partial charge in [-0.1, -0.05) is 30.3 Å². The molecule has 20 heavy (non-hydrogen) atoms. The smallest absolute Gasteiger partial charge is 0.131 e. The van der Waals surface area contributed by atoms with E-state index in [1.54, 1.807) is 18.3 Å². The van der Waals surface area contributed by atoms with Crippen molar-refractivity contribution in [3.05, 3.63) is 71.8 Å². The molecule has 2 aromatic carbocycles. The summed E-state index contributed by atoms with van der Waals surface area (Å²) in [6, 6.07) is 14.7. The summed E-state index contributed by atoms with van der Waals surface area (Å²) >= 11 is 0. The van der Waals surface area contributed by atoms with Gasteiger partial charge in [-0.25, -0.2) is 4.39 Å². The van der Waals surface area contributed by atoms with Crippen molar-refractivity contribution in [3.8, 4) is 5.75 Å². The molecule has 0 saturated carbocycles. The molecule has 3 aromatic rings. The van der Waals surface area contributed by atoms with E-state index < -0.39 is 0 Å². The molecule has 0 N–H and O–H groups in total. The SMILES string of the molecule is Cc1nccc2c(F)ccc(OCc3ccccc3)c12. The molecule has 0 aliphatic heterocycles. The van der Waals surface area contributed by atoms with Crippen LogP contribution in [-0.2, 0) is 6.61 Å². The molecular formula is C17H14FNO. The molecule has 0 fully saturated rings. The molecule has 3 rings (SSSR count). The number of rotatable bonds is 3. The number of aromatic nitrogens is 1. The maximum Gasteiger partial charge on any atom is 0.131 e. The second-order valence-corrected chi connectivity index (χ2v) is 4.64. The van der Waals surface area contributed by atoms with Crippen molar-refractivity contribution in [2.24, 2.45) is 0 Å². The fraction of sp³-hybridized carbons (Fsp3) is 0.118. The minimum atomic E-state index is -0.252. The van der Waals surface area contributed by atoms with Crippen LogP contribution in [0.2, 0.25) is 0 Å². The lowest BCUT2D eigenvalue weighted by atomic mass is 10.1. The second kappa shape index (κ2) is 5.29. The van der Waals surface area contributed by atoms with Gasteiger partial charge < -0.3 is 4.74 Å². The lowest BCUT2D eigenvalue weighted by Gasteiger charge is -2.11. The average Bonchev–Trinajstić information content (AvgIpc) is 2.48. The van der Waals surface area contributed by atoms with Gasteiger partial charge in [0.15, 0.2) is 0 Å². The first-order valence-electron chi connectivity index (χ1n) is 6.46. The topological polar surface area (TPSA) is 22.1 Å². The molecule has 3 heteroatoms. The Morgan fingerprint density at radius 1 is 1.05 bits per heavy atom. The second-order valence-electron chi connectivity index (χ2n) is 4.64. The molecule has 1 aromatic heterocycles. The summed E-state index contributed by atoms with van der Waals surface area (Å²) in [6.45, 7) is 2.31. The first-order valence-corrected chi connectivity index (χ1v) is 6.46. The molecule has 0 spiro atoms. The number of hydrogen-bond donors (Lipinski definition) is 0. The monoisotopic (exact) mass is 267 g/mol. The molecule has 2 nitrogen and oxygen atoms in total. The molecule has 0 unspecified atom stereocenters. The van der Waals surface area contributed by atoms with Crippen LogP contribution < -0.4 is 4.74 Å². The molecule has 0 bridgehead atoms. The largest absolute Gasteiger partial charge is 0.488 e. The Morgan fingerprint density at radius 2 is 1.85 bits per heavy atom. The van der Waals surface area contributed by atoms with E-state index in [0.29, 0.717) is 17.7 Å². The van der Waals surface area contributed by atoms with Crippen molar-refractivity contribution in [2.75, 3.05) is 0 Å². The van der Waals surface area contributed by atoms with Crippen LogP contribution >= 0.6 is 0 Å². The minimum absolute atomic E-state index is 0.252. The zero-order chi connectivity index (χ0) is 13.9. The fourth-order valence-electron chi connectivity index (χ4n) is 2.25. The van der Waals surface area contributed by atoms with Gasteiger partial charge in [-0.2, -0.15) is 0 Å². The number of benzene rings is 2. The van der Waals surface area contributed by atoms with Gasteiger partial charge in [0.05, 0.1) is 0 Å². The summed E-state index contributed by atoms with van der Waals surface area (Å²) in [4.78, 5) is 4.22. The third-order valence-corrected chi connectivity index (χ3v) is 3.26. The number of halogens is 1. The summed E-state index contributed by atoms with van der Waals surface area (Å²) in [5.74, 6) is 0.411. The molecule has 0 amide bonds. The number of ether oxygens (including phenoxy) is 1. The molecule has 1 heterocycles. The van der Waals surface area contributed by atoms with Crippen LogP contribution in [0.15, 0.2) is 54.7 Å². The number of hydrogen-bond acceptors (Lipinski definition) is 2. The Balaban J connectivity index is 1.98. The predicted octanol–water partition coefficient (Wildman–Crippen LogP) is 4.26. The summed E-state index contributed by atoms with van der Waals surface area (Å²) in [6.07, 6.45) is 1.61. The van der Waals surface area contributed by atoms with Gasteiger partial charge >= 0.3 is 0 Å². The number of nitrogens with zero attached hydrogens (tertiary/aromatic N) is 1. The Morgan fingerprint density at radius 3 is 2.65 bits per heavy atom. The fourth-order valence-corrected chi connectivity index (χ4v) is 2.25. The van der Waals surface area contributed by atoms with E-state index in [4.69, 9.17) is 4.74 Å².